The number of halogens is 1. The van der Waals surface area contributed by atoms with Crippen molar-refractivity contribution in [2.75, 3.05) is 33.9 Å². The van der Waals surface area contributed by atoms with Crippen molar-refractivity contribution in [2.45, 2.75) is 25.9 Å². The molecule has 0 heterocycles. The van der Waals surface area contributed by atoms with Crippen LogP contribution in [0.15, 0.2) is 18.2 Å². The lowest BCUT2D eigenvalue weighted by molar-refractivity contribution is 0.0751. The van der Waals surface area contributed by atoms with Crippen molar-refractivity contribution in [3.05, 3.63) is 28.8 Å². The Balaban J connectivity index is 3.01. The minimum Gasteiger partial charge on any atom is -0.495 e. The molecular weight excluding hydrogens is 276 g/mol. The second-order valence-corrected chi connectivity index (χ2v) is 5.19. The monoisotopic (exact) mass is 300 g/mol. The van der Waals surface area contributed by atoms with E-state index in [0.717, 1.165) is 12.1 Å². The maximum Gasteiger partial charge on any atom is 0.137 e. The fourth-order valence-corrected chi connectivity index (χ4v) is 2.80. The molecule has 20 heavy (non-hydrogen) atoms. The molecule has 1 aromatic carbocycles. The molecule has 0 saturated heterocycles. The predicted octanol–water partition coefficient (Wildman–Crippen LogP) is 2.71. The van der Waals surface area contributed by atoms with Crippen LogP contribution in [0.2, 0.25) is 5.02 Å². The highest BCUT2D eigenvalue weighted by Crippen LogP contribution is 2.30. The Labute approximate surface area is 126 Å². The molecular formula is C15H25ClN2O2. The first-order valence-corrected chi connectivity index (χ1v) is 7.24. The van der Waals surface area contributed by atoms with E-state index in [1.165, 1.54) is 0 Å². The molecule has 1 aromatic rings. The fourth-order valence-electron chi connectivity index (χ4n) is 2.53. The first kappa shape index (κ1) is 17.2. The first-order chi connectivity index (χ1) is 9.58. The minimum absolute atomic E-state index is 0.119. The van der Waals surface area contributed by atoms with Crippen LogP contribution >= 0.6 is 11.6 Å². The van der Waals surface area contributed by atoms with Crippen LogP contribution in [0.5, 0.6) is 5.75 Å². The molecule has 0 aliphatic rings. The molecule has 0 amide bonds. The lowest BCUT2D eigenvalue weighted by Crippen LogP contribution is -2.42. The maximum absolute atomic E-state index is 6.21. The van der Waals surface area contributed by atoms with E-state index in [2.05, 4.69) is 18.7 Å². The van der Waals surface area contributed by atoms with Gasteiger partial charge in [-0.2, -0.15) is 0 Å². The van der Waals surface area contributed by atoms with Gasteiger partial charge < -0.3 is 15.2 Å². The largest absolute Gasteiger partial charge is 0.495 e. The molecule has 5 heteroatoms. The average Bonchev–Trinajstić information content (AvgIpc) is 2.44. The van der Waals surface area contributed by atoms with Gasteiger partial charge in [0.2, 0.25) is 0 Å². The summed E-state index contributed by atoms with van der Waals surface area (Å²) < 4.78 is 10.4. The molecule has 0 bridgehead atoms. The van der Waals surface area contributed by atoms with Crippen LogP contribution in [-0.2, 0) is 4.74 Å². The van der Waals surface area contributed by atoms with E-state index in [-0.39, 0.29) is 6.04 Å². The summed E-state index contributed by atoms with van der Waals surface area (Å²) in [7, 11) is 3.33. The summed E-state index contributed by atoms with van der Waals surface area (Å²) in [5.41, 5.74) is 7.08. The SMILES string of the molecule is CCN(C(C)COC)C(CN)c1ccc(OC)c(Cl)c1. The quantitative estimate of drug-likeness (QED) is 0.802. The number of benzene rings is 1. The third kappa shape index (κ3) is 4.09. The van der Waals surface area contributed by atoms with E-state index >= 15 is 0 Å². The van der Waals surface area contributed by atoms with Gasteiger partial charge in [0.15, 0.2) is 0 Å². The molecule has 0 saturated carbocycles. The van der Waals surface area contributed by atoms with Crippen LogP contribution in [0.1, 0.15) is 25.5 Å². The number of nitrogens with two attached hydrogens (primary N) is 1. The van der Waals surface area contributed by atoms with Crippen LogP contribution in [0, 0.1) is 0 Å². The van der Waals surface area contributed by atoms with Gasteiger partial charge in [-0.05, 0) is 31.2 Å². The summed E-state index contributed by atoms with van der Waals surface area (Å²) in [4.78, 5) is 2.32. The predicted molar refractivity (Wildman–Crippen MR) is 83.5 cm³/mol. The van der Waals surface area contributed by atoms with Gasteiger partial charge in [0.1, 0.15) is 5.75 Å². The fraction of sp³-hybridized carbons (Fsp3) is 0.600. The lowest BCUT2D eigenvalue weighted by atomic mass is 10.0. The normalized spacial score (nSPS) is 14.3. The summed E-state index contributed by atoms with van der Waals surface area (Å²) in [6.07, 6.45) is 0. The number of hydrogen-bond acceptors (Lipinski definition) is 4. The zero-order chi connectivity index (χ0) is 15.1. The van der Waals surface area contributed by atoms with Crippen LogP contribution in [-0.4, -0.2) is 44.9 Å². The van der Waals surface area contributed by atoms with Crippen molar-refractivity contribution < 1.29 is 9.47 Å². The van der Waals surface area contributed by atoms with E-state index in [1.54, 1.807) is 14.2 Å². The molecule has 2 atom stereocenters. The topological polar surface area (TPSA) is 47.7 Å². The summed E-state index contributed by atoms with van der Waals surface area (Å²) in [5, 5.41) is 0.610. The van der Waals surface area contributed by atoms with E-state index in [1.807, 2.05) is 18.2 Å². The first-order valence-electron chi connectivity index (χ1n) is 6.87. The number of hydrogen-bond donors (Lipinski definition) is 1. The lowest BCUT2D eigenvalue weighted by Gasteiger charge is -2.35. The number of nitrogens with zero attached hydrogens (tertiary/aromatic N) is 1. The molecule has 2 N–H and O–H groups in total. The number of likely N-dealkylation sites (N-methyl/N-ethyl adjacent to an activating group) is 1. The Morgan fingerprint density at radius 3 is 2.50 bits per heavy atom. The van der Waals surface area contributed by atoms with Gasteiger partial charge in [0, 0.05) is 25.7 Å². The van der Waals surface area contributed by atoms with Gasteiger partial charge in [-0.15, -0.1) is 0 Å². The summed E-state index contributed by atoms with van der Waals surface area (Å²) in [5.74, 6) is 0.680. The second kappa shape index (κ2) is 8.47. The molecule has 0 fully saturated rings. The van der Waals surface area contributed by atoms with Crippen molar-refractivity contribution in [1.29, 1.82) is 0 Å². The van der Waals surface area contributed by atoms with Crippen LogP contribution in [0.4, 0.5) is 0 Å². The van der Waals surface area contributed by atoms with Crippen molar-refractivity contribution >= 4 is 11.6 Å². The van der Waals surface area contributed by atoms with Crippen molar-refractivity contribution in [3.8, 4) is 5.75 Å². The highest BCUT2D eigenvalue weighted by molar-refractivity contribution is 6.32. The van der Waals surface area contributed by atoms with Crippen LogP contribution < -0.4 is 10.5 Å². The Bertz CT molecular complexity index is 415. The second-order valence-electron chi connectivity index (χ2n) is 4.78. The summed E-state index contributed by atoms with van der Waals surface area (Å²) >= 11 is 6.21. The van der Waals surface area contributed by atoms with E-state index in [0.29, 0.717) is 30.0 Å². The highest BCUT2D eigenvalue weighted by Gasteiger charge is 2.23. The van der Waals surface area contributed by atoms with Gasteiger partial charge in [-0.25, -0.2) is 0 Å². The van der Waals surface area contributed by atoms with Gasteiger partial charge >= 0.3 is 0 Å². The number of methoxy groups -OCH3 is 2. The molecule has 0 aliphatic heterocycles. The average molecular weight is 301 g/mol. The molecule has 0 aliphatic carbocycles. The van der Waals surface area contributed by atoms with Crippen LogP contribution in [0.3, 0.4) is 0 Å². The number of ether oxygens (including phenoxy) is 2. The van der Waals surface area contributed by atoms with E-state index in [9.17, 15) is 0 Å². The zero-order valence-electron chi connectivity index (χ0n) is 12.7. The standard InChI is InChI=1S/C15H25ClN2O2/c1-5-18(11(2)10-19-3)14(9-17)12-6-7-15(20-4)13(16)8-12/h6-8,11,14H,5,9-10,17H2,1-4H3. The zero-order valence-corrected chi connectivity index (χ0v) is 13.5. The third-order valence-corrected chi connectivity index (χ3v) is 3.82. The third-order valence-electron chi connectivity index (χ3n) is 3.52. The molecule has 114 valence electrons. The summed E-state index contributed by atoms with van der Waals surface area (Å²) in [6, 6.07) is 6.24. The van der Waals surface area contributed by atoms with Gasteiger partial charge in [-0.1, -0.05) is 24.6 Å². The van der Waals surface area contributed by atoms with E-state index in [4.69, 9.17) is 26.8 Å². The summed E-state index contributed by atoms with van der Waals surface area (Å²) in [6.45, 7) is 6.37. The minimum atomic E-state index is 0.119. The molecule has 2 unspecified atom stereocenters. The molecule has 1 rings (SSSR count). The molecule has 0 radical (unpaired) electrons. The molecule has 0 spiro atoms. The Morgan fingerprint density at radius 1 is 1.35 bits per heavy atom. The Morgan fingerprint density at radius 2 is 2.05 bits per heavy atom. The van der Waals surface area contributed by atoms with Crippen molar-refractivity contribution in [2.24, 2.45) is 5.73 Å². The van der Waals surface area contributed by atoms with Gasteiger partial charge in [-0.3, -0.25) is 4.90 Å². The van der Waals surface area contributed by atoms with Crippen molar-refractivity contribution in [1.82, 2.24) is 4.90 Å². The smallest absolute Gasteiger partial charge is 0.137 e. The van der Waals surface area contributed by atoms with Gasteiger partial charge in [0.25, 0.3) is 0 Å². The van der Waals surface area contributed by atoms with E-state index < -0.39 is 0 Å². The molecule has 0 aromatic heterocycles. The van der Waals surface area contributed by atoms with Gasteiger partial charge in [0.05, 0.1) is 18.7 Å². The highest BCUT2D eigenvalue weighted by atomic mass is 35.5. The van der Waals surface area contributed by atoms with Crippen molar-refractivity contribution in [3.63, 3.8) is 0 Å². The molecule has 4 nitrogen and oxygen atoms in total. The Hall–Kier alpha value is -0.810. The Kier molecular flexibility index (Phi) is 7.30. The number of rotatable bonds is 8. The maximum atomic E-state index is 6.21. The van der Waals surface area contributed by atoms with Crippen LogP contribution in [0.25, 0.3) is 0 Å².